The Labute approximate surface area is 71.9 Å². The first-order valence-electron chi connectivity index (χ1n) is 4.21. The normalized spacial score (nSPS) is 17.6. The number of piperazine rings is 1. The second kappa shape index (κ2) is 4.21. The minimum atomic E-state index is -0.340. The number of carbonyl (C=O) groups is 2. The van der Waals surface area contributed by atoms with Crippen molar-refractivity contribution >= 4 is 11.7 Å². The van der Waals surface area contributed by atoms with E-state index in [2.05, 4.69) is 5.32 Å². The molecule has 0 aromatic heterocycles. The molecule has 1 radical (unpaired) electrons. The van der Waals surface area contributed by atoms with Crippen molar-refractivity contribution in [2.45, 2.75) is 13.3 Å². The number of carbonyl (C=O) groups excluding carboxylic acids is 2. The molecule has 1 amide bonds. The van der Waals surface area contributed by atoms with Crippen LogP contribution in [0.2, 0.25) is 0 Å². The summed E-state index contributed by atoms with van der Waals surface area (Å²) in [5.41, 5.74) is 0. The molecule has 0 atom stereocenters. The number of amides is 1. The van der Waals surface area contributed by atoms with Crippen LogP contribution in [0.3, 0.4) is 0 Å². The third-order valence-electron chi connectivity index (χ3n) is 1.90. The van der Waals surface area contributed by atoms with Crippen LogP contribution in [0.15, 0.2) is 0 Å². The molecular weight excluding hydrogens is 156 g/mol. The Morgan fingerprint density at radius 3 is 2.42 bits per heavy atom. The lowest BCUT2D eigenvalue weighted by atomic mass is 10.2. The number of ketones is 1. The number of hydrogen-bond acceptors (Lipinski definition) is 2. The molecule has 0 spiro atoms. The van der Waals surface area contributed by atoms with E-state index in [1.165, 1.54) is 0 Å². The lowest BCUT2D eigenvalue weighted by molar-refractivity contribution is -0.144. The molecule has 1 saturated heterocycles. The Balaban J connectivity index is 2.45. The molecule has 0 aromatic carbocycles. The van der Waals surface area contributed by atoms with Gasteiger partial charge in [0.15, 0.2) is 0 Å². The van der Waals surface area contributed by atoms with E-state index in [-0.39, 0.29) is 11.7 Å². The standard InChI is InChI=1S/C8H13N2O2/c1-2-7(11)8(12)10-5-3-9-4-6-10/h2-6H2,1H3. The van der Waals surface area contributed by atoms with Crippen molar-refractivity contribution in [3.8, 4) is 0 Å². The fraction of sp³-hybridized carbons (Fsp3) is 0.750. The first-order valence-corrected chi connectivity index (χ1v) is 4.21. The topological polar surface area (TPSA) is 51.5 Å². The van der Waals surface area contributed by atoms with Crippen molar-refractivity contribution < 1.29 is 9.59 Å². The Morgan fingerprint density at radius 2 is 1.92 bits per heavy atom. The van der Waals surface area contributed by atoms with Crippen LogP contribution in [-0.2, 0) is 9.59 Å². The van der Waals surface area contributed by atoms with E-state index in [4.69, 9.17) is 0 Å². The molecule has 1 heterocycles. The van der Waals surface area contributed by atoms with Gasteiger partial charge in [0.1, 0.15) is 0 Å². The van der Waals surface area contributed by atoms with Crippen molar-refractivity contribution in [2.75, 3.05) is 26.2 Å². The van der Waals surface area contributed by atoms with Crippen LogP contribution >= 0.6 is 0 Å². The second-order valence-corrected chi connectivity index (χ2v) is 2.74. The van der Waals surface area contributed by atoms with Gasteiger partial charge in [-0.1, -0.05) is 6.92 Å². The number of hydrogen-bond donors (Lipinski definition) is 0. The molecule has 1 rings (SSSR count). The van der Waals surface area contributed by atoms with Gasteiger partial charge in [0, 0.05) is 32.6 Å². The van der Waals surface area contributed by atoms with Crippen LogP contribution < -0.4 is 5.32 Å². The highest BCUT2D eigenvalue weighted by Crippen LogP contribution is 1.96. The maximum atomic E-state index is 11.3. The lowest BCUT2D eigenvalue weighted by Gasteiger charge is -2.25. The molecule has 67 valence electrons. The number of nitrogens with zero attached hydrogens (tertiary/aromatic N) is 2. The fourth-order valence-corrected chi connectivity index (χ4v) is 1.14. The molecule has 1 aliphatic rings. The first-order chi connectivity index (χ1) is 5.75. The van der Waals surface area contributed by atoms with Gasteiger partial charge in [0.25, 0.3) is 5.91 Å². The highest BCUT2D eigenvalue weighted by molar-refractivity contribution is 6.35. The van der Waals surface area contributed by atoms with E-state index in [0.29, 0.717) is 32.6 Å². The zero-order chi connectivity index (χ0) is 8.97. The summed E-state index contributed by atoms with van der Waals surface area (Å²) >= 11 is 0. The van der Waals surface area contributed by atoms with Crippen LogP contribution in [0.25, 0.3) is 0 Å². The maximum absolute atomic E-state index is 11.3. The minimum Gasteiger partial charge on any atom is -0.333 e. The third-order valence-corrected chi connectivity index (χ3v) is 1.90. The Bertz CT molecular complexity index is 185. The summed E-state index contributed by atoms with van der Waals surface area (Å²) in [5.74, 6) is -0.635. The molecule has 12 heavy (non-hydrogen) atoms. The molecule has 1 aliphatic heterocycles. The van der Waals surface area contributed by atoms with E-state index in [0.717, 1.165) is 0 Å². The van der Waals surface area contributed by atoms with E-state index in [9.17, 15) is 9.59 Å². The van der Waals surface area contributed by atoms with Crippen LogP contribution in [0.1, 0.15) is 13.3 Å². The van der Waals surface area contributed by atoms with Crippen molar-refractivity contribution in [1.82, 2.24) is 10.2 Å². The smallest absolute Gasteiger partial charge is 0.290 e. The van der Waals surface area contributed by atoms with E-state index >= 15 is 0 Å². The highest BCUT2D eigenvalue weighted by atomic mass is 16.2. The summed E-state index contributed by atoms with van der Waals surface area (Å²) < 4.78 is 0. The summed E-state index contributed by atoms with van der Waals surface area (Å²) in [5, 5.41) is 4.09. The van der Waals surface area contributed by atoms with E-state index < -0.39 is 0 Å². The zero-order valence-corrected chi connectivity index (χ0v) is 7.25. The van der Waals surface area contributed by atoms with E-state index in [1.54, 1.807) is 11.8 Å². The monoisotopic (exact) mass is 169 g/mol. The lowest BCUT2D eigenvalue weighted by Crippen LogP contribution is -2.46. The Hall–Kier alpha value is -0.900. The predicted octanol–water partition coefficient (Wildman–Crippen LogP) is -0.588. The average molecular weight is 169 g/mol. The largest absolute Gasteiger partial charge is 0.333 e. The Morgan fingerprint density at radius 1 is 1.33 bits per heavy atom. The van der Waals surface area contributed by atoms with Gasteiger partial charge in [-0.3, -0.25) is 9.59 Å². The van der Waals surface area contributed by atoms with Gasteiger partial charge in [-0.25, -0.2) is 5.32 Å². The van der Waals surface area contributed by atoms with Crippen LogP contribution in [0, 0.1) is 0 Å². The maximum Gasteiger partial charge on any atom is 0.290 e. The number of Topliss-reactive ketones (excluding diaryl/α,β-unsaturated/α-hetero) is 1. The summed E-state index contributed by atoms with van der Waals surface area (Å²) in [6, 6.07) is 0. The summed E-state index contributed by atoms with van der Waals surface area (Å²) in [7, 11) is 0. The predicted molar refractivity (Wildman–Crippen MR) is 43.7 cm³/mol. The van der Waals surface area contributed by atoms with Gasteiger partial charge in [0.05, 0.1) is 0 Å². The van der Waals surface area contributed by atoms with Crippen molar-refractivity contribution in [2.24, 2.45) is 0 Å². The molecule has 0 saturated carbocycles. The zero-order valence-electron chi connectivity index (χ0n) is 7.25. The molecule has 0 aliphatic carbocycles. The van der Waals surface area contributed by atoms with Gasteiger partial charge >= 0.3 is 0 Å². The summed E-state index contributed by atoms with van der Waals surface area (Å²) in [4.78, 5) is 23.8. The first kappa shape index (κ1) is 9.19. The summed E-state index contributed by atoms with van der Waals surface area (Å²) in [6.07, 6.45) is 0.298. The molecule has 0 N–H and O–H groups in total. The molecular formula is C8H13N2O2. The number of rotatable bonds is 2. The second-order valence-electron chi connectivity index (χ2n) is 2.74. The third kappa shape index (κ3) is 2.04. The van der Waals surface area contributed by atoms with Crippen molar-refractivity contribution in [1.29, 1.82) is 0 Å². The molecule has 1 fully saturated rings. The Kier molecular flexibility index (Phi) is 3.22. The van der Waals surface area contributed by atoms with Gasteiger partial charge < -0.3 is 4.90 Å². The highest BCUT2D eigenvalue weighted by Gasteiger charge is 2.21. The van der Waals surface area contributed by atoms with Gasteiger partial charge in [-0.05, 0) is 0 Å². The van der Waals surface area contributed by atoms with Crippen LogP contribution in [0.5, 0.6) is 0 Å². The molecule has 4 nitrogen and oxygen atoms in total. The minimum absolute atomic E-state index is 0.295. The van der Waals surface area contributed by atoms with Crippen molar-refractivity contribution in [3.63, 3.8) is 0 Å². The van der Waals surface area contributed by atoms with Gasteiger partial charge in [-0.2, -0.15) is 0 Å². The summed E-state index contributed by atoms with van der Waals surface area (Å²) in [6.45, 7) is 4.25. The van der Waals surface area contributed by atoms with Gasteiger partial charge in [0.2, 0.25) is 5.78 Å². The molecule has 0 aromatic rings. The molecule has 0 bridgehead atoms. The van der Waals surface area contributed by atoms with E-state index in [1.807, 2.05) is 0 Å². The fourth-order valence-electron chi connectivity index (χ4n) is 1.14. The molecule has 0 unspecified atom stereocenters. The quantitative estimate of drug-likeness (QED) is 0.519. The van der Waals surface area contributed by atoms with Crippen LogP contribution in [0.4, 0.5) is 0 Å². The van der Waals surface area contributed by atoms with Crippen LogP contribution in [-0.4, -0.2) is 42.8 Å². The SMILES string of the molecule is CCC(=O)C(=O)N1CC[N]CC1. The molecule has 4 heteroatoms. The average Bonchev–Trinajstić information content (AvgIpc) is 2.17. The van der Waals surface area contributed by atoms with Gasteiger partial charge in [-0.15, -0.1) is 0 Å². The van der Waals surface area contributed by atoms with Crippen molar-refractivity contribution in [3.05, 3.63) is 0 Å².